The summed E-state index contributed by atoms with van der Waals surface area (Å²) in [6, 6.07) is 13.4. The molecule has 1 aliphatic heterocycles. The van der Waals surface area contributed by atoms with Crippen LogP contribution in [0.25, 0.3) is 16.6 Å². The number of fused-ring (bicyclic) bond motifs is 1. The number of likely N-dealkylation sites (tertiary alicyclic amines) is 1. The second-order valence-corrected chi connectivity index (χ2v) is 8.82. The minimum atomic E-state index is -0.0947. The van der Waals surface area contributed by atoms with E-state index in [0.717, 1.165) is 42.7 Å². The third kappa shape index (κ3) is 4.15. The zero-order valence-corrected chi connectivity index (χ0v) is 18.4. The lowest BCUT2D eigenvalue weighted by Crippen LogP contribution is -2.33. The minimum Gasteiger partial charge on any atom is -0.342 e. The molecule has 0 saturated carbocycles. The van der Waals surface area contributed by atoms with Crippen molar-refractivity contribution < 1.29 is 4.79 Å². The van der Waals surface area contributed by atoms with Crippen molar-refractivity contribution in [2.45, 2.75) is 44.7 Å². The number of aryl methyl sites for hydroxylation is 2. The summed E-state index contributed by atoms with van der Waals surface area (Å²) in [5.74, 6) is 0.410. The highest BCUT2D eigenvalue weighted by Crippen LogP contribution is 2.26. The maximum atomic E-state index is 13.5. The van der Waals surface area contributed by atoms with Crippen molar-refractivity contribution in [3.8, 4) is 5.69 Å². The van der Waals surface area contributed by atoms with Crippen LogP contribution < -0.4 is 5.56 Å². The van der Waals surface area contributed by atoms with E-state index >= 15 is 0 Å². The smallest absolute Gasteiger partial charge is 0.266 e. The quantitative estimate of drug-likeness (QED) is 0.460. The first-order chi connectivity index (χ1) is 14.6. The summed E-state index contributed by atoms with van der Waals surface area (Å²) < 4.78 is 1.69. The molecule has 1 aromatic heterocycles. The van der Waals surface area contributed by atoms with Gasteiger partial charge in [0.15, 0.2) is 5.16 Å². The summed E-state index contributed by atoms with van der Waals surface area (Å²) in [6.45, 7) is 5.66. The van der Waals surface area contributed by atoms with E-state index in [0.29, 0.717) is 16.1 Å². The van der Waals surface area contributed by atoms with Crippen LogP contribution in [0.15, 0.2) is 52.4 Å². The van der Waals surface area contributed by atoms with Crippen LogP contribution in [0, 0.1) is 13.8 Å². The van der Waals surface area contributed by atoms with Gasteiger partial charge < -0.3 is 4.90 Å². The molecule has 0 bridgehead atoms. The lowest BCUT2D eigenvalue weighted by Gasteiger charge is -2.21. The molecule has 2 heterocycles. The SMILES string of the molecule is Cc1cccc(C)c1-n1c(SCC(=O)N2CCCCCC2)nc2ccccc2c1=O. The molecule has 156 valence electrons. The molecule has 0 atom stereocenters. The topological polar surface area (TPSA) is 55.2 Å². The zero-order chi connectivity index (χ0) is 21.1. The molecule has 1 aliphatic rings. The van der Waals surface area contributed by atoms with Crippen molar-refractivity contribution in [3.63, 3.8) is 0 Å². The molecular formula is C24H27N3O2S. The van der Waals surface area contributed by atoms with Gasteiger partial charge >= 0.3 is 0 Å². The maximum Gasteiger partial charge on any atom is 0.266 e. The number of carbonyl (C=O) groups is 1. The molecule has 0 unspecified atom stereocenters. The van der Waals surface area contributed by atoms with E-state index in [1.54, 1.807) is 4.57 Å². The van der Waals surface area contributed by atoms with Crippen molar-refractivity contribution in [1.29, 1.82) is 0 Å². The van der Waals surface area contributed by atoms with Gasteiger partial charge in [0, 0.05) is 13.1 Å². The standard InChI is InChI=1S/C24H27N3O2S/c1-17-10-9-11-18(2)22(17)27-23(29)19-12-5-6-13-20(19)25-24(27)30-16-21(28)26-14-7-3-4-8-15-26/h5-6,9-13H,3-4,7-8,14-16H2,1-2H3. The highest BCUT2D eigenvalue weighted by atomic mass is 32.2. The Kier molecular flexibility index (Phi) is 6.23. The average molecular weight is 422 g/mol. The number of thioether (sulfide) groups is 1. The number of benzene rings is 2. The van der Waals surface area contributed by atoms with Crippen LogP contribution >= 0.6 is 11.8 Å². The number of nitrogens with zero attached hydrogens (tertiary/aromatic N) is 3. The first-order valence-electron chi connectivity index (χ1n) is 10.6. The third-order valence-electron chi connectivity index (χ3n) is 5.69. The number of hydrogen-bond donors (Lipinski definition) is 0. The summed E-state index contributed by atoms with van der Waals surface area (Å²) in [5.41, 5.74) is 3.44. The first-order valence-corrected chi connectivity index (χ1v) is 11.5. The van der Waals surface area contributed by atoms with Gasteiger partial charge in [-0.25, -0.2) is 4.98 Å². The van der Waals surface area contributed by atoms with E-state index in [1.807, 2.05) is 61.2 Å². The summed E-state index contributed by atoms with van der Waals surface area (Å²) in [4.78, 5) is 33.1. The van der Waals surface area contributed by atoms with Gasteiger partial charge in [0.2, 0.25) is 5.91 Å². The van der Waals surface area contributed by atoms with Crippen LogP contribution in [0.5, 0.6) is 0 Å². The lowest BCUT2D eigenvalue weighted by atomic mass is 10.1. The van der Waals surface area contributed by atoms with Crippen molar-refractivity contribution in [2.75, 3.05) is 18.8 Å². The lowest BCUT2D eigenvalue weighted by molar-refractivity contribution is -0.128. The Labute approximate surface area is 181 Å². The predicted molar refractivity (Wildman–Crippen MR) is 123 cm³/mol. The summed E-state index contributed by atoms with van der Waals surface area (Å²) in [7, 11) is 0. The molecule has 0 aliphatic carbocycles. The van der Waals surface area contributed by atoms with E-state index in [2.05, 4.69) is 0 Å². The van der Waals surface area contributed by atoms with Crippen LogP contribution in [0.4, 0.5) is 0 Å². The highest BCUT2D eigenvalue weighted by molar-refractivity contribution is 7.99. The fourth-order valence-electron chi connectivity index (χ4n) is 4.10. The van der Waals surface area contributed by atoms with E-state index < -0.39 is 0 Å². The maximum absolute atomic E-state index is 13.5. The Balaban J connectivity index is 1.75. The van der Waals surface area contributed by atoms with E-state index in [4.69, 9.17) is 4.98 Å². The number of rotatable bonds is 4. The fraction of sp³-hybridized carbons (Fsp3) is 0.375. The van der Waals surface area contributed by atoms with Gasteiger partial charge in [-0.1, -0.05) is 54.9 Å². The van der Waals surface area contributed by atoms with E-state index in [1.165, 1.54) is 24.6 Å². The van der Waals surface area contributed by atoms with Gasteiger partial charge in [0.1, 0.15) is 0 Å². The molecule has 1 saturated heterocycles. The van der Waals surface area contributed by atoms with Gasteiger partial charge in [-0.15, -0.1) is 0 Å². The normalized spacial score (nSPS) is 14.7. The summed E-state index contributed by atoms with van der Waals surface area (Å²) in [5, 5.41) is 1.16. The molecule has 1 amide bonds. The molecule has 4 rings (SSSR count). The third-order valence-corrected chi connectivity index (χ3v) is 6.61. The molecule has 5 nitrogen and oxygen atoms in total. The molecule has 6 heteroatoms. The van der Waals surface area contributed by atoms with Crippen LogP contribution in [0.2, 0.25) is 0 Å². The van der Waals surface area contributed by atoms with E-state index in [-0.39, 0.29) is 17.2 Å². The number of hydrogen-bond acceptors (Lipinski definition) is 4. The molecule has 0 N–H and O–H groups in total. The minimum absolute atomic E-state index is 0.0947. The van der Waals surface area contributed by atoms with Gasteiger partial charge in [0.05, 0.1) is 22.3 Å². The van der Waals surface area contributed by atoms with Crippen molar-refractivity contribution in [1.82, 2.24) is 14.5 Å². The van der Waals surface area contributed by atoms with Crippen LogP contribution in [-0.4, -0.2) is 39.2 Å². The molecule has 0 radical (unpaired) electrons. The highest BCUT2D eigenvalue weighted by Gasteiger charge is 2.20. The monoisotopic (exact) mass is 421 g/mol. The molecular weight excluding hydrogens is 394 g/mol. The number of para-hydroxylation sites is 2. The molecule has 1 fully saturated rings. The van der Waals surface area contributed by atoms with Crippen molar-refractivity contribution in [2.24, 2.45) is 0 Å². The van der Waals surface area contributed by atoms with Crippen molar-refractivity contribution in [3.05, 3.63) is 63.9 Å². The Bertz CT molecular complexity index is 1110. The molecule has 2 aromatic carbocycles. The first kappa shape index (κ1) is 20.7. The summed E-state index contributed by atoms with van der Waals surface area (Å²) in [6.07, 6.45) is 4.51. The Morgan fingerprint density at radius 2 is 1.63 bits per heavy atom. The largest absolute Gasteiger partial charge is 0.342 e. The Morgan fingerprint density at radius 1 is 0.967 bits per heavy atom. The number of carbonyl (C=O) groups excluding carboxylic acids is 1. The second-order valence-electron chi connectivity index (χ2n) is 7.88. The Morgan fingerprint density at radius 3 is 2.33 bits per heavy atom. The number of aromatic nitrogens is 2. The van der Waals surface area contributed by atoms with Crippen LogP contribution in [-0.2, 0) is 4.79 Å². The molecule has 0 spiro atoms. The number of amides is 1. The molecule has 30 heavy (non-hydrogen) atoms. The Hall–Kier alpha value is -2.60. The van der Waals surface area contributed by atoms with Crippen LogP contribution in [0.3, 0.4) is 0 Å². The summed E-state index contributed by atoms with van der Waals surface area (Å²) >= 11 is 1.36. The fourth-order valence-corrected chi connectivity index (χ4v) is 5.00. The van der Waals surface area contributed by atoms with Gasteiger partial charge in [-0.05, 0) is 49.9 Å². The molecule has 3 aromatic rings. The second kappa shape index (κ2) is 9.04. The van der Waals surface area contributed by atoms with Gasteiger partial charge in [-0.3, -0.25) is 14.2 Å². The van der Waals surface area contributed by atoms with Crippen LogP contribution in [0.1, 0.15) is 36.8 Å². The predicted octanol–water partition coefficient (Wildman–Crippen LogP) is 4.50. The van der Waals surface area contributed by atoms with E-state index in [9.17, 15) is 9.59 Å². The van der Waals surface area contributed by atoms with Gasteiger partial charge in [-0.2, -0.15) is 0 Å². The van der Waals surface area contributed by atoms with Gasteiger partial charge in [0.25, 0.3) is 5.56 Å². The van der Waals surface area contributed by atoms with Crippen molar-refractivity contribution >= 4 is 28.6 Å². The zero-order valence-electron chi connectivity index (χ0n) is 17.6. The average Bonchev–Trinajstić information content (AvgIpc) is 3.03.